The lowest BCUT2D eigenvalue weighted by Crippen LogP contribution is -2.41. The monoisotopic (exact) mass is 371 g/mol. The number of aromatic nitrogens is 2. The summed E-state index contributed by atoms with van der Waals surface area (Å²) in [5.41, 5.74) is 2.56. The Bertz CT molecular complexity index is 1090. The van der Waals surface area contributed by atoms with Crippen molar-refractivity contribution in [3.05, 3.63) is 61.6 Å². The Kier molecular flexibility index (Phi) is 5.08. The highest BCUT2D eigenvalue weighted by Crippen LogP contribution is 2.21. The molecule has 0 atom stereocenters. The highest BCUT2D eigenvalue weighted by Gasteiger charge is 2.16. The molecule has 1 N–H and O–H groups in total. The Hall–Kier alpha value is -2.67. The molecule has 6 nitrogen and oxygen atoms in total. The van der Waals surface area contributed by atoms with Crippen molar-refractivity contribution < 1.29 is 4.79 Å². The van der Waals surface area contributed by atoms with Crippen LogP contribution in [0.5, 0.6) is 0 Å². The highest BCUT2D eigenvalue weighted by atomic mass is 32.1. The fourth-order valence-electron chi connectivity index (χ4n) is 3.09. The number of anilines is 1. The fraction of sp³-hybridized carbons (Fsp3) is 0.316. The summed E-state index contributed by atoms with van der Waals surface area (Å²) in [4.78, 5) is 37.7. The first kappa shape index (κ1) is 18.1. The van der Waals surface area contributed by atoms with E-state index in [9.17, 15) is 14.4 Å². The van der Waals surface area contributed by atoms with Crippen LogP contribution in [0.15, 0.2) is 39.2 Å². The van der Waals surface area contributed by atoms with E-state index in [4.69, 9.17) is 0 Å². The van der Waals surface area contributed by atoms with E-state index in [2.05, 4.69) is 5.32 Å². The third-order valence-electron chi connectivity index (χ3n) is 4.46. The normalized spacial score (nSPS) is 11.0. The van der Waals surface area contributed by atoms with Gasteiger partial charge in [0.2, 0.25) is 5.91 Å². The van der Waals surface area contributed by atoms with Crippen LogP contribution in [0.25, 0.3) is 10.2 Å². The molecule has 0 unspecified atom stereocenters. The third kappa shape index (κ3) is 3.10. The Labute approximate surface area is 154 Å². The molecule has 136 valence electrons. The molecule has 7 heteroatoms. The molecule has 0 aliphatic carbocycles. The molecular weight excluding hydrogens is 350 g/mol. The minimum atomic E-state index is -0.459. The molecule has 0 bridgehead atoms. The first-order valence-electron chi connectivity index (χ1n) is 8.57. The maximum atomic E-state index is 12.7. The fourth-order valence-corrected chi connectivity index (χ4v) is 3.93. The molecule has 0 saturated heterocycles. The van der Waals surface area contributed by atoms with Crippen LogP contribution >= 0.6 is 11.3 Å². The number of carbonyl (C=O) groups is 1. The number of hydrogen-bond acceptors (Lipinski definition) is 4. The van der Waals surface area contributed by atoms with Crippen LogP contribution in [0, 0.1) is 6.92 Å². The Morgan fingerprint density at radius 2 is 1.92 bits per heavy atom. The zero-order chi connectivity index (χ0) is 18.8. The van der Waals surface area contributed by atoms with E-state index in [-0.39, 0.29) is 24.6 Å². The van der Waals surface area contributed by atoms with Gasteiger partial charge < -0.3 is 5.32 Å². The Morgan fingerprint density at radius 1 is 1.15 bits per heavy atom. The van der Waals surface area contributed by atoms with E-state index in [1.807, 2.05) is 32.0 Å². The number of rotatable bonds is 5. The van der Waals surface area contributed by atoms with Crippen molar-refractivity contribution in [1.82, 2.24) is 9.13 Å². The molecule has 2 aromatic heterocycles. The number of aryl methyl sites for hydroxylation is 2. The molecule has 2 heterocycles. The van der Waals surface area contributed by atoms with Gasteiger partial charge in [-0.25, -0.2) is 4.79 Å². The largest absolute Gasteiger partial charge is 0.331 e. The molecule has 0 spiro atoms. The van der Waals surface area contributed by atoms with E-state index in [1.54, 1.807) is 18.4 Å². The molecule has 0 aliphatic heterocycles. The number of nitrogens with one attached hydrogen (secondary N) is 1. The number of thiophene rings is 1. The van der Waals surface area contributed by atoms with Gasteiger partial charge in [-0.05, 0) is 42.8 Å². The molecule has 0 radical (unpaired) electrons. The van der Waals surface area contributed by atoms with E-state index >= 15 is 0 Å². The summed E-state index contributed by atoms with van der Waals surface area (Å²) in [6, 6.07) is 7.58. The van der Waals surface area contributed by atoms with Crippen molar-refractivity contribution in [1.29, 1.82) is 0 Å². The SMILES string of the molecule is CCc1cccc(C)c1NC(=O)Cn1c(=O)n(CC)c(=O)c2sccc21. The van der Waals surface area contributed by atoms with Crippen molar-refractivity contribution in [3.8, 4) is 0 Å². The second-order valence-electron chi connectivity index (χ2n) is 6.06. The van der Waals surface area contributed by atoms with Gasteiger partial charge in [-0.2, -0.15) is 0 Å². The standard InChI is InChI=1S/C19H21N3O3S/c1-4-13-8-6-7-12(3)16(13)20-15(23)11-22-14-9-10-26-17(14)18(24)21(5-2)19(22)25/h6-10H,4-5,11H2,1-3H3,(H,20,23). The van der Waals surface area contributed by atoms with Crippen LogP contribution in [-0.4, -0.2) is 15.0 Å². The lowest BCUT2D eigenvalue weighted by molar-refractivity contribution is -0.116. The van der Waals surface area contributed by atoms with Gasteiger partial charge in [-0.1, -0.05) is 25.1 Å². The number of amides is 1. The molecule has 3 rings (SSSR count). The summed E-state index contributed by atoms with van der Waals surface area (Å²) < 4.78 is 3.03. The number of carbonyl (C=O) groups excluding carboxylic acids is 1. The average molecular weight is 371 g/mol. The number of hydrogen-bond donors (Lipinski definition) is 1. The van der Waals surface area contributed by atoms with Crippen LogP contribution in [0.3, 0.4) is 0 Å². The van der Waals surface area contributed by atoms with Crippen LogP contribution in [0.4, 0.5) is 5.69 Å². The van der Waals surface area contributed by atoms with Gasteiger partial charge in [0.05, 0.1) is 5.52 Å². The Morgan fingerprint density at radius 3 is 2.62 bits per heavy atom. The van der Waals surface area contributed by atoms with E-state index in [0.29, 0.717) is 10.2 Å². The van der Waals surface area contributed by atoms with Gasteiger partial charge in [-0.15, -0.1) is 11.3 Å². The molecule has 0 saturated carbocycles. The highest BCUT2D eigenvalue weighted by molar-refractivity contribution is 7.17. The maximum absolute atomic E-state index is 12.7. The van der Waals surface area contributed by atoms with Gasteiger partial charge >= 0.3 is 5.69 Å². The number of nitrogens with zero attached hydrogens (tertiary/aromatic N) is 2. The molecule has 0 aliphatic rings. The lowest BCUT2D eigenvalue weighted by Gasteiger charge is -2.15. The summed E-state index contributed by atoms with van der Waals surface area (Å²) in [6.07, 6.45) is 0.798. The van der Waals surface area contributed by atoms with Crippen LogP contribution in [0.2, 0.25) is 0 Å². The minimum absolute atomic E-state index is 0.135. The molecule has 0 fully saturated rings. The van der Waals surface area contributed by atoms with E-state index < -0.39 is 5.69 Å². The predicted molar refractivity (Wildman–Crippen MR) is 105 cm³/mol. The topological polar surface area (TPSA) is 73.1 Å². The zero-order valence-electron chi connectivity index (χ0n) is 15.0. The van der Waals surface area contributed by atoms with Crippen molar-refractivity contribution >= 4 is 33.1 Å². The number of benzene rings is 1. The van der Waals surface area contributed by atoms with Gasteiger partial charge in [0.25, 0.3) is 5.56 Å². The quantitative estimate of drug-likeness (QED) is 0.749. The summed E-state index contributed by atoms with van der Waals surface area (Å²) in [5.74, 6) is -0.287. The summed E-state index contributed by atoms with van der Waals surface area (Å²) in [7, 11) is 0. The maximum Gasteiger partial charge on any atom is 0.331 e. The predicted octanol–water partition coefficient (Wildman–Crippen LogP) is 2.75. The number of para-hydroxylation sites is 1. The molecule has 1 amide bonds. The van der Waals surface area contributed by atoms with Crippen molar-refractivity contribution in [2.24, 2.45) is 0 Å². The van der Waals surface area contributed by atoms with Crippen molar-refractivity contribution in [2.75, 3.05) is 5.32 Å². The van der Waals surface area contributed by atoms with Crippen molar-refractivity contribution in [3.63, 3.8) is 0 Å². The van der Waals surface area contributed by atoms with Crippen molar-refractivity contribution in [2.45, 2.75) is 40.3 Å². The van der Waals surface area contributed by atoms with Crippen LogP contribution in [0.1, 0.15) is 25.0 Å². The van der Waals surface area contributed by atoms with Gasteiger partial charge in [0.15, 0.2) is 0 Å². The van der Waals surface area contributed by atoms with Gasteiger partial charge in [0, 0.05) is 12.2 Å². The van der Waals surface area contributed by atoms with E-state index in [1.165, 1.54) is 15.9 Å². The Balaban J connectivity index is 2.00. The molecule has 1 aromatic carbocycles. The molecular formula is C19H21N3O3S. The summed E-state index contributed by atoms with van der Waals surface area (Å²) >= 11 is 1.28. The lowest BCUT2D eigenvalue weighted by atomic mass is 10.1. The molecule has 3 aromatic rings. The second kappa shape index (κ2) is 7.29. The molecule has 26 heavy (non-hydrogen) atoms. The smallest absolute Gasteiger partial charge is 0.324 e. The third-order valence-corrected chi connectivity index (χ3v) is 5.35. The minimum Gasteiger partial charge on any atom is -0.324 e. The van der Waals surface area contributed by atoms with E-state index in [0.717, 1.165) is 27.8 Å². The summed E-state index contributed by atoms with van der Waals surface area (Å²) in [5, 5.41) is 4.69. The first-order chi connectivity index (χ1) is 12.5. The zero-order valence-corrected chi connectivity index (χ0v) is 15.9. The van der Waals surface area contributed by atoms with Crippen LogP contribution < -0.4 is 16.6 Å². The van der Waals surface area contributed by atoms with Gasteiger partial charge in [-0.3, -0.25) is 18.7 Å². The first-order valence-corrected chi connectivity index (χ1v) is 9.45. The second-order valence-corrected chi connectivity index (χ2v) is 6.98. The summed E-state index contributed by atoms with van der Waals surface area (Å²) in [6.45, 7) is 5.85. The van der Waals surface area contributed by atoms with Gasteiger partial charge in [0.1, 0.15) is 11.2 Å². The number of fused-ring (bicyclic) bond motifs is 1. The van der Waals surface area contributed by atoms with Crippen LogP contribution in [-0.2, 0) is 24.3 Å². The average Bonchev–Trinajstić information content (AvgIpc) is 3.11.